The number of phosphoric ester groups is 1. The van der Waals surface area contributed by atoms with Crippen molar-refractivity contribution in [1.82, 2.24) is 0 Å². The second-order valence-corrected chi connectivity index (χ2v) is 7.77. The Labute approximate surface area is 169 Å². The number of allylic oxidation sites excluding steroid dienone is 1. The highest BCUT2D eigenvalue weighted by atomic mass is 31.2. The van der Waals surface area contributed by atoms with Gasteiger partial charge in [-0.2, -0.15) is 0 Å². The van der Waals surface area contributed by atoms with Gasteiger partial charge in [0, 0.05) is 5.57 Å². The van der Waals surface area contributed by atoms with Crippen molar-refractivity contribution in [3.63, 3.8) is 0 Å². The minimum atomic E-state index is -4.95. The summed E-state index contributed by atoms with van der Waals surface area (Å²) in [5.74, 6) is -1.06. The first-order chi connectivity index (χ1) is 13.8. The minimum absolute atomic E-state index is 0.0879. The van der Waals surface area contributed by atoms with Crippen molar-refractivity contribution in [2.75, 3.05) is 0 Å². The Bertz CT molecular complexity index is 944. The standard InChI is InChI=1S/C23H21O5P/c1-18(22(24)28-29(25,26)27)17-23(19-11-5-2-6-12-19,20-13-7-3-8-14-20)21-15-9-4-10-16-21/h2-17H,1H3,(H2,25,26,27). The maximum atomic E-state index is 12.3. The predicted molar refractivity (Wildman–Crippen MR) is 111 cm³/mol. The first kappa shape index (κ1) is 20.7. The fourth-order valence-electron chi connectivity index (χ4n) is 3.42. The first-order valence-corrected chi connectivity index (χ1v) is 10.5. The predicted octanol–water partition coefficient (Wildman–Crippen LogP) is 4.60. The van der Waals surface area contributed by atoms with Crippen LogP contribution in [0.15, 0.2) is 103 Å². The summed E-state index contributed by atoms with van der Waals surface area (Å²) < 4.78 is 15.5. The van der Waals surface area contributed by atoms with E-state index in [9.17, 15) is 9.36 Å². The van der Waals surface area contributed by atoms with Crippen LogP contribution >= 0.6 is 7.82 Å². The third-order valence-electron chi connectivity index (χ3n) is 4.64. The van der Waals surface area contributed by atoms with Crippen LogP contribution in [-0.2, 0) is 19.3 Å². The van der Waals surface area contributed by atoms with Gasteiger partial charge in [-0.25, -0.2) is 9.36 Å². The summed E-state index contributed by atoms with van der Waals surface area (Å²) >= 11 is 0. The summed E-state index contributed by atoms with van der Waals surface area (Å²) in [6.45, 7) is 1.49. The molecule has 0 bridgehead atoms. The Morgan fingerprint density at radius 3 is 1.45 bits per heavy atom. The number of carbonyl (C=O) groups is 1. The van der Waals surface area contributed by atoms with Gasteiger partial charge in [0.25, 0.3) is 0 Å². The Morgan fingerprint density at radius 1 is 0.793 bits per heavy atom. The number of hydrogen-bond donors (Lipinski definition) is 2. The summed E-state index contributed by atoms with van der Waals surface area (Å²) in [7, 11) is -4.95. The largest absolute Gasteiger partial charge is 0.527 e. The molecule has 2 N–H and O–H groups in total. The molecule has 0 atom stereocenters. The number of benzene rings is 3. The Hall–Kier alpha value is -2.98. The maximum Gasteiger partial charge on any atom is 0.527 e. The zero-order valence-electron chi connectivity index (χ0n) is 15.8. The van der Waals surface area contributed by atoms with E-state index in [0.717, 1.165) is 16.7 Å². The molecule has 0 aromatic heterocycles. The molecule has 0 aliphatic carbocycles. The molecule has 29 heavy (non-hydrogen) atoms. The second kappa shape index (κ2) is 8.58. The van der Waals surface area contributed by atoms with Gasteiger partial charge in [0.2, 0.25) is 0 Å². The average molecular weight is 408 g/mol. The Kier molecular flexibility index (Phi) is 6.14. The second-order valence-electron chi connectivity index (χ2n) is 6.60. The minimum Gasteiger partial charge on any atom is -0.367 e. The third-order valence-corrected chi connectivity index (χ3v) is 5.05. The smallest absolute Gasteiger partial charge is 0.367 e. The summed E-state index contributed by atoms with van der Waals surface area (Å²) in [5, 5.41) is 0. The Balaban J connectivity index is 2.30. The molecule has 0 aliphatic rings. The zero-order valence-corrected chi connectivity index (χ0v) is 16.7. The van der Waals surface area contributed by atoms with Gasteiger partial charge in [0.05, 0.1) is 5.41 Å². The van der Waals surface area contributed by atoms with E-state index in [1.807, 2.05) is 91.0 Å². The van der Waals surface area contributed by atoms with E-state index in [0.29, 0.717) is 0 Å². The fourth-order valence-corrected chi connectivity index (χ4v) is 3.78. The average Bonchev–Trinajstić information content (AvgIpc) is 2.72. The molecule has 3 rings (SSSR count). The molecule has 0 amide bonds. The lowest BCUT2D eigenvalue weighted by Gasteiger charge is -2.33. The van der Waals surface area contributed by atoms with E-state index in [2.05, 4.69) is 4.52 Å². The van der Waals surface area contributed by atoms with Crippen molar-refractivity contribution in [2.45, 2.75) is 12.3 Å². The fraction of sp³-hybridized carbons (Fsp3) is 0.0870. The van der Waals surface area contributed by atoms with Gasteiger partial charge in [-0.3, -0.25) is 9.79 Å². The lowest BCUT2D eigenvalue weighted by atomic mass is 9.68. The molecule has 0 spiro atoms. The van der Waals surface area contributed by atoms with Crippen LogP contribution in [0, 0.1) is 0 Å². The summed E-state index contributed by atoms with van der Waals surface area (Å²) in [6.07, 6.45) is 1.70. The number of phosphoric acid groups is 1. The first-order valence-electron chi connectivity index (χ1n) is 8.98. The molecule has 3 aromatic rings. The van der Waals surface area contributed by atoms with Crippen LogP contribution < -0.4 is 0 Å². The van der Waals surface area contributed by atoms with Gasteiger partial charge in [-0.05, 0) is 23.6 Å². The molecule has 6 heteroatoms. The van der Waals surface area contributed by atoms with Crippen LogP contribution in [0.5, 0.6) is 0 Å². The molecule has 0 fully saturated rings. The summed E-state index contributed by atoms with van der Waals surface area (Å²) in [4.78, 5) is 30.4. The van der Waals surface area contributed by atoms with Crippen LogP contribution in [0.1, 0.15) is 23.6 Å². The lowest BCUT2D eigenvalue weighted by molar-refractivity contribution is -0.131. The van der Waals surface area contributed by atoms with Gasteiger partial charge in [-0.15, -0.1) is 0 Å². The number of hydrogen-bond acceptors (Lipinski definition) is 3. The molecule has 3 aromatic carbocycles. The topological polar surface area (TPSA) is 83.8 Å². The van der Waals surface area contributed by atoms with E-state index < -0.39 is 19.2 Å². The normalized spacial score (nSPS) is 12.4. The molecule has 148 valence electrons. The van der Waals surface area contributed by atoms with Crippen LogP contribution in [-0.4, -0.2) is 15.8 Å². The van der Waals surface area contributed by atoms with Gasteiger partial charge >= 0.3 is 13.8 Å². The Morgan fingerprint density at radius 2 is 1.14 bits per heavy atom. The monoisotopic (exact) mass is 408 g/mol. The SMILES string of the molecule is CC(=CC(c1ccccc1)(c1ccccc1)c1ccccc1)C(=O)OP(=O)(O)O. The van der Waals surface area contributed by atoms with Gasteiger partial charge in [0.15, 0.2) is 0 Å². The van der Waals surface area contributed by atoms with Crippen molar-refractivity contribution < 1.29 is 23.7 Å². The van der Waals surface area contributed by atoms with Crippen LogP contribution in [0.2, 0.25) is 0 Å². The van der Waals surface area contributed by atoms with Gasteiger partial charge in [-0.1, -0.05) is 97.1 Å². The molecule has 0 heterocycles. The molecule has 0 radical (unpaired) electrons. The van der Waals surface area contributed by atoms with Crippen molar-refractivity contribution in [3.8, 4) is 0 Å². The summed E-state index contributed by atoms with van der Waals surface area (Å²) in [5.41, 5.74) is 1.94. The highest BCUT2D eigenvalue weighted by Gasteiger charge is 2.35. The number of carbonyl (C=O) groups excluding carboxylic acids is 1. The molecular weight excluding hydrogens is 387 g/mol. The van der Waals surface area contributed by atoms with Crippen molar-refractivity contribution >= 4 is 13.8 Å². The van der Waals surface area contributed by atoms with Gasteiger partial charge < -0.3 is 4.52 Å². The van der Waals surface area contributed by atoms with Gasteiger partial charge in [0.1, 0.15) is 0 Å². The zero-order chi connectivity index (χ0) is 20.9. The van der Waals surface area contributed by atoms with Crippen LogP contribution in [0.25, 0.3) is 0 Å². The molecular formula is C23H21O5P. The molecule has 0 saturated carbocycles. The lowest BCUT2D eigenvalue weighted by Crippen LogP contribution is -2.28. The van der Waals surface area contributed by atoms with Crippen LogP contribution in [0.3, 0.4) is 0 Å². The van der Waals surface area contributed by atoms with Crippen molar-refractivity contribution in [1.29, 1.82) is 0 Å². The van der Waals surface area contributed by atoms with Crippen molar-refractivity contribution in [3.05, 3.63) is 119 Å². The van der Waals surface area contributed by atoms with E-state index in [1.54, 1.807) is 6.08 Å². The maximum absolute atomic E-state index is 12.3. The van der Waals surface area contributed by atoms with E-state index in [-0.39, 0.29) is 5.57 Å². The van der Waals surface area contributed by atoms with E-state index in [1.165, 1.54) is 6.92 Å². The van der Waals surface area contributed by atoms with E-state index in [4.69, 9.17) is 9.79 Å². The summed E-state index contributed by atoms with van der Waals surface area (Å²) in [6, 6.07) is 28.9. The molecule has 0 unspecified atom stereocenters. The molecule has 0 saturated heterocycles. The van der Waals surface area contributed by atoms with E-state index >= 15 is 0 Å². The van der Waals surface area contributed by atoms with Crippen LogP contribution in [0.4, 0.5) is 0 Å². The molecule has 5 nitrogen and oxygen atoms in total. The van der Waals surface area contributed by atoms with Crippen molar-refractivity contribution in [2.24, 2.45) is 0 Å². The number of rotatable bonds is 6. The quantitative estimate of drug-likeness (QED) is 0.354. The highest BCUT2D eigenvalue weighted by molar-refractivity contribution is 7.46. The third kappa shape index (κ3) is 4.72. The highest BCUT2D eigenvalue weighted by Crippen LogP contribution is 2.42. The molecule has 0 aliphatic heterocycles.